The van der Waals surface area contributed by atoms with Crippen LogP contribution < -0.4 is 5.32 Å². The fraction of sp³-hybridized carbons (Fsp3) is 0.571. The lowest BCUT2D eigenvalue weighted by Gasteiger charge is -2.38. The predicted molar refractivity (Wildman–Crippen MR) is 84.8 cm³/mol. The van der Waals surface area contributed by atoms with E-state index in [0.29, 0.717) is 16.7 Å². The van der Waals surface area contributed by atoms with E-state index in [2.05, 4.69) is 34.2 Å². The quantitative estimate of drug-likeness (QED) is 0.940. The van der Waals surface area contributed by atoms with Gasteiger partial charge in [-0.3, -0.25) is 4.90 Å². The molecular weight excluding hydrogens is 308 g/mol. The van der Waals surface area contributed by atoms with Gasteiger partial charge in [-0.05, 0) is 31.7 Å². The SMILES string of the molecule is Cc1csc(-c2nc(C(C)(C)N3CCNCC3)no2)c1Cl. The van der Waals surface area contributed by atoms with Gasteiger partial charge in [-0.1, -0.05) is 16.8 Å². The third kappa shape index (κ3) is 2.73. The molecule has 0 aromatic carbocycles. The largest absolute Gasteiger partial charge is 0.333 e. The van der Waals surface area contributed by atoms with Crippen LogP contribution in [0.3, 0.4) is 0 Å². The van der Waals surface area contributed by atoms with Gasteiger partial charge in [-0.2, -0.15) is 4.98 Å². The number of piperazine rings is 1. The number of nitrogens with one attached hydrogen (secondary N) is 1. The zero-order valence-electron chi connectivity index (χ0n) is 12.4. The predicted octanol–water partition coefficient (Wildman–Crippen LogP) is 2.90. The monoisotopic (exact) mass is 326 g/mol. The fourth-order valence-corrected chi connectivity index (χ4v) is 3.70. The Kier molecular flexibility index (Phi) is 4.05. The lowest BCUT2D eigenvalue weighted by atomic mass is 10.0. The summed E-state index contributed by atoms with van der Waals surface area (Å²) in [5, 5.41) is 10.3. The Labute approximate surface area is 133 Å². The molecule has 3 heterocycles. The van der Waals surface area contributed by atoms with Gasteiger partial charge in [0, 0.05) is 26.2 Å². The molecule has 0 aliphatic carbocycles. The normalized spacial score (nSPS) is 17.3. The molecule has 0 bridgehead atoms. The van der Waals surface area contributed by atoms with Crippen LogP contribution in [0.25, 0.3) is 10.8 Å². The van der Waals surface area contributed by atoms with E-state index in [-0.39, 0.29) is 5.54 Å². The van der Waals surface area contributed by atoms with Crippen molar-refractivity contribution < 1.29 is 4.52 Å². The number of rotatable bonds is 3. The molecule has 3 rings (SSSR count). The second kappa shape index (κ2) is 5.68. The average Bonchev–Trinajstić information content (AvgIpc) is 3.09. The topological polar surface area (TPSA) is 54.2 Å². The molecule has 1 N–H and O–H groups in total. The van der Waals surface area contributed by atoms with Crippen LogP contribution >= 0.6 is 22.9 Å². The van der Waals surface area contributed by atoms with Gasteiger partial charge in [0.15, 0.2) is 5.82 Å². The molecule has 5 nitrogen and oxygen atoms in total. The fourth-order valence-electron chi connectivity index (χ4n) is 2.50. The van der Waals surface area contributed by atoms with Gasteiger partial charge in [0.05, 0.1) is 10.6 Å². The summed E-state index contributed by atoms with van der Waals surface area (Å²) in [6.45, 7) is 10.2. The summed E-state index contributed by atoms with van der Waals surface area (Å²) in [6.07, 6.45) is 0. The Hall–Kier alpha value is -0.950. The van der Waals surface area contributed by atoms with Gasteiger partial charge in [-0.25, -0.2) is 0 Å². The molecule has 2 aromatic rings. The number of thiophene rings is 1. The molecule has 0 atom stereocenters. The van der Waals surface area contributed by atoms with Gasteiger partial charge >= 0.3 is 0 Å². The summed E-state index contributed by atoms with van der Waals surface area (Å²) >= 11 is 7.82. The summed E-state index contributed by atoms with van der Waals surface area (Å²) < 4.78 is 5.44. The number of aryl methyl sites for hydroxylation is 1. The van der Waals surface area contributed by atoms with Crippen LogP contribution in [0.15, 0.2) is 9.90 Å². The van der Waals surface area contributed by atoms with E-state index in [0.717, 1.165) is 36.6 Å². The summed E-state index contributed by atoms with van der Waals surface area (Å²) in [4.78, 5) is 7.81. The minimum absolute atomic E-state index is 0.247. The molecule has 21 heavy (non-hydrogen) atoms. The molecule has 0 radical (unpaired) electrons. The first-order valence-corrected chi connectivity index (χ1v) is 8.30. The number of hydrogen-bond donors (Lipinski definition) is 1. The third-order valence-corrected chi connectivity index (χ3v) is 5.66. The minimum atomic E-state index is -0.247. The maximum atomic E-state index is 6.28. The summed E-state index contributed by atoms with van der Waals surface area (Å²) in [7, 11) is 0. The molecule has 7 heteroatoms. The lowest BCUT2D eigenvalue weighted by Crippen LogP contribution is -2.52. The highest BCUT2D eigenvalue weighted by Gasteiger charge is 2.34. The Morgan fingerprint density at radius 1 is 1.38 bits per heavy atom. The van der Waals surface area contributed by atoms with E-state index in [1.165, 1.54) is 11.3 Å². The maximum Gasteiger partial charge on any atom is 0.269 e. The van der Waals surface area contributed by atoms with Crippen LogP contribution in [0.1, 0.15) is 25.2 Å². The molecule has 0 amide bonds. The summed E-state index contributed by atoms with van der Waals surface area (Å²) in [5.74, 6) is 1.22. The van der Waals surface area contributed by atoms with Crippen molar-refractivity contribution in [3.05, 3.63) is 21.8 Å². The average molecular weight is 327 g/mol. The first-order valence-electron chi connectivity index (χ1n) is 7.04. The van der Waals surface area contributed by atoms with E-state index in [4.69, 9.17) is 16.1 Å². The second-order valence-corrected chi connectivity index (χ2v) is 7.04. The number of nitrogens with zero attached hydrogens (tertiary/aromatic N) is 3. The first-order chi connectivity index (χ1) is 10.00. The Balaban J connectivity index is 1.88. The maximum absolute atomic E-state index is 6.28. The second-order valence-electron chi connectivity index (χ2n) is 5.78. The zero-order valence-corrected chi connectivity index (χ0v) is 14.0. The standard InChI is InChI=1S/C14H19ClN4OS/c1-9-8-21-11(10(9)15)12-17-13(18-20-12)14(2,3)19-6-4-16-5-7-19/h8,16H,4-7H2,1-3H3. The molecule has 1 aliphatic heterocycles. The summed E-state index contributed by atoms with van der Waals surface area (Å²) in [6, 6.07) is 0. The molecule has 1 fully saturated rings. The number of halogens is 1. The summed E-state index contributed by atoms with van der Waals surface area (Å²) in [5.41, 5.74) is 0.792. The number of aromatic nitrogens is 2. The minimum Gasteiger partial charge on any atom is -0.333 e. The van der Waals surface area contributed by atoms with Crippen molar-refractivity contribution in [3.63, 3.8) is 0 Å². The Morgan fingerprint density at radius 2 is 2.10 bits per heavy atom. The van der Waals surface area contributed by atoms with Crippen LogP contribution in [0.2, 0.25) is 5.02 Å². The van der Waals surface area contributed by atoms with Crippen molar-refractivity contribution in [1.82, 2.24) is 20.4 Å². The van der Waals surface area contributed by atoms with Crippen molar-refractivity contribution in [2.75, 3.05) is 26.2 Å². The van der Waals surface area contributed by atoms with Crippen molar-refractivity contribution >= 4 is 22.9 Å². The van der Waals surface area contributed by atoms with Crippen LogP contribution in [0.4, 0.5) is 0 Å². The highest BCUT2D eigenvalue weighted by Crippen LogP contribution is 2.36. The molecule has 0 unspecified atom stereocenters. The molecule has 114 valence electrons. The highest BCUT2D eigenvalue weighted by molar-refractivity contribution is 7.14. The van der Waals surface area contributed by atoms with E-state index in [1.54, 1.807) is 0 Å². The van der Waals surface area contributed by atoms with E-state index < -0.39 is 0 Å². The van der Waals surface area contributed by atoms with Crippen molar-refractivity contribution in [2.24, 2.45) is 0 Å². The van der Waals surface area contributed by atoms with Gasteiger partial charge in [-0.15, -0.1) is 11.3 Å². The molecule has 0 saturated carbocycles. The first kappa shape index (κ1) is 15.0. The molecule has 0 spiro atoms. The highest BCUT2D eigenvalue weighted by atomic mass is 35.5. The molecule has 1 saturated heterocycles. The third-order valence-electron chi connectivity index (χ3n) is 3.97. The van der Waals surface area contributed by atoms with Gasteiger partial charge < -0.3 is 9.84 Å². The van der Waals surface area contributed by atoms with Crippen LogP contribution in [-0.2, 0) is 5.54 Å². The molecular formula is C14H19ClN4OS. The van der Waals surface area contributed by atoms with Crippen molar-refractivity contribution in [3.8, 4) is 10.8 Å². The van der Waals surface area contributed by atoms with Crippen molar-refractivity contribution in [2.45, 2.75) is 26.3 Å². The van der Waals surface area contributed by atoms with Gasteiger partial charge in [0.2, 0.25) is 0 Å². The lowest BCUT2D eigenvalue weighted by molar-refractivity contribution is 0.0925. The van der Waals surface area contributed by atoms with Gasteiger partial charge in [0.1, 0.15) is 4.88 Å². The van der Waals surface area contributed by atoms with Crippen LogP contribution in [0.5, 0.6) is 0 Å². The van der Waals surface area contributed by atoms with Crippen LogP contribution in [0, 0.1) is 6.92 Å². The van der Waals surface area contributed by atoms with E-state index in [1.807, 2.05) is 12.3 Å². The van der Waals surface area contributed by atoms with Gasteiger partial charge in [0.25, 0.3) is 5.89 Å². The smallest absolute Gasteiger partial charge is 0.269 e. The Morgan fingerprint density at radius 3 is 2.71 bits per heavy atom. The Bertz CT molecular complexity index is 631. The van der Waals surface area contributed by atoms with Crippen molar-refractivity contribution in [1.29, 1.82) is 0 Å². The van der Waals surface area contributed by atoms with Crippen LogP contribution in [-0.4, -0.2) is 41.2 Å². The molecule has 1 aliphatic rings. The molecule has 2 aromatic heterocycles. The van der Waals surface area contributed by atoms with E-state index >= 15 is 0 Å². The zero-order chi connectivity index (χ0) is 15.0. The van der Waals surface area contributed by atoms with E-state index in [9.17, 15) is 0 Å². The number of hydrogen-bond acceptors (Lipinski definition) is 6.